The number of carbonyl (C=O) groups is 2. The van der Waals surface area contributed by atoms with Gasteiger partial charge in [-0.3, -0.25) is 4.79 Å². The lowest BCUT2D eigenvalue weighted by Crippen LogP contribution is -2.66. The molecule has 0 aromatic carbocycles. The average molecular weight is 927 g/mol. The minimum Gasteiger partial charge on any atom is -0.479 e. The Morgan fingerprint density at radius 3 is 2.06 bits per heavy atom. The summed E-state index contributed by atoms with van der Waals surface area (Å²) in [6.45, 7) is 14.8. The van der Waals surface area contributed by atoms with Gasteiger partial charge < -0.3 is 79.5 Å². The van der Waals surface area contributed by atoms with E-state index in [1.807, 2.05) is 6.92 Å². The summed E-state index contributed by atoms with van der Waals surface area (Å²) >= 11 is 0. The van der Waals surface area contributed by atoms with Crippen molar-refractivity contribution in [3.63, 3.8) is 0 Å². The standard InChI is InChI=1S/C47H74O18/c1-42(2)25-10-13-47(7)26(45(25,5)12-11-27(42)62-40-36(32(54)31(53)35(63-40)37(57)58)64-38-33(55)28(50)23(49)20-60-38)9-8-21-22-18-44(4,15-14-43(22,3)16-17-46(21,47)6)41(59)65-39-34(56)30(52)29(51)24(19-48)61-39/h8,22-36,38-40,48-56H,9-20H2,1-7H3,(H,57,58)/t22-,23-,24+,25-,26+,27-,28-,29+,30-,31-,32-,33+,34+,35-,36+,38-,39-,40+,43+,44+,45-,46+,47+/m0/s1. The van der Waals surface area contributed by atoms with E-state index in [0.29, 0.717) is 19.3 Å². The number of ether oxygens (including phenoxy) is 6. The van der Waals surface area contributed by atoms with Gasteiger partial charge in [-0.15, -0.1) is 0 Å². The average Bonchev–Trinajstić information content (AvgIpc) is 3.25. The SMILES string of the molecule is CC1(C)[C@@H](O[C@@H]2O[C@H](C(=O)O)[C@@H](O)[C@H](O)[C@H]2O[C@@H]2OC[C@H](O)[C@H](O)[C@H]2O)CC[C@]2(C)[C@H]3CC=C4[C@@H]5C[C@](C)(C(=O)O[C@@H]6O[C@H](CO)[C@@H](O)[C@H](O)[C@H]6O)CC[C@]5(C)CC[C@@]4(C)[C@]3(C)CC[C@@H]12. The van der Waals surface area contributed by atoms with Crippen LogP contribution in [0.3, 0.4) is 0 Å². The van der Waals surface area contributed by atoms with Gasteiger partial charge in [0.25, 0.3) is 0 Å². The van der Waals surface area contributed by atoms with Crippen molar-refractivity contribution in [3.05, 3.63) is 11.6 Å². The van der Waals surface area contributed by atoms with Gasteiger partial charge in [-0.25, -0.2) is 4.79 Å². The second-order valence-electron chi connectivity index (χ2n) is 22.9. The topological polar surface area (TPSA) is 292 Å². The predicted molar refractivity (Wildman–Crippen MR) is 225 cm³/mol. The zero-order valence-electron chi connectivity index (χ0n) is 38.7. The van der Waals surface area contributed by atoms with Crippen molar-refractivity contribution in [2.24, 2.45) is 50.2 Å². The Hall–Kier alpha value is -1.88. The zero-order chi connectivity index (χ0) is 47.6. The lowest BCUT2D eigenvalue weighted by molar-refractivity contribution is -0.366. The van der Waals surface area contributed by atoms with E-state index >= 15 is 0 Å². The van der Waals surface area contributed by atoms with Gasteiger partial charge in [-0.05, 0) is 116 Å². The van der Waals surface area contributed by atoms with Crippen molar-refractivity contribution in [1.82, 2.24) is 0 Å². The first-order chi connectivity index (χ1) is 30.3. The maximum Gasteiger partial charge on any atom is 0.335 e. The molecule has 7 fully saturated rings. The molecule has 0 radical (unpaired) electrons. The van der Waals surface area contributed by atoms with Gasteiger partial charge in [0.2, 0.25) is 6.29 Å². The smallest absolute Gasteiger partial charge is 0.335 e. The van der Waals surface area contributed by atoms with Crippen LogP contribution in [0.5, 0.6) is 0 Å². The minimum absolute atomic E-state index is 0.0513. The Bertz CT molecular complexity index is 1830. The molecule has 0 amide bonds. The largest absolute Gasteiger partial charge is 0.479 e. The third-order valence-corrected chi connectivity index (χ3v) is 19.2. The lowest BCUT2D eigenvalue weighted by Gasteiger charge is -2.71. The molecule has 5 aliphatic carbocycles. The highest BCUT2D eigenvalue weighted by Crippen LogP contribution is 2.76. The van der Waals surface area contributed by atoms with Gasteiger partial charge in [-0.2, -0.15) is 0 Å². The van der Waals surface area contributed by atoms with Crippen LogP contribution in [0.1, 0.15) is 113 Å². The van der Waals surface area contributed by atoms with Gasteiger partial charge in [0.15, 0.2) is 18.7 Å². The van der Waals surface area contributed by atoms with Gasteiger partial charge in [0, 0.05) is 0 Å². The summed E-state index contributed by atoms with van der Waals surface area (Å²) in [5.41, 5.74) is -0.558. The molecule has 23 atom stereocenters. The summed E-state index contributed by atoms with van der Waals surface area (Å²) < 4.78 is 35.2. The highest BCUT2D eigenvalue weighted by atomic mass is 16.8. The molecule has 3 heterocycles. The predicted octanol–water partition coefficient (Wildman–Crippen LogP) is 0.872. The van der Waals surface area contributed by atoms with E-state index in [2.05, 4.69) is 47.6 Å². The number of aliphatic carboxylic acids is 1. The lowest BCUT2D eigenvalue weighted by atomic mass is 9.33. The molecular weight excluding hydrogens is 852 g/mol. The van der Waals surface area contributed by atoms with E-state index in [1.54, 1.807) is 0 Å². The van der Waals surface area contributed by atoms with Crippen molar-refractivity contribution >= 4 is 11.9 Å². The molecule has 3 saturated heterocycles. The number of fused-ring (bicyclic) bond motifs is 7. The van der Waals surface area contributed by atoms with Crippen molar-refractivity contribution in [2.75, 3.05) is 13.2 Å². The summed E-state index contributed by atoms with van der Waals surface area (Å²) in [7, 11) is 0. The first kappa shape index (κ1) is 49.5. The molecule has 0 unspecified atom stereocenters. The first-order valence-corrected chi connectivity index (χ1v) is 23.7. The van der Waals surface area contributed by atoms with Gasteiger partial charge >= 0.3 is 11.9 Å². The fraction of sp³-hybridized carbons (Fsp3) is 0.915. The number of esters is 1. The van der Waals surface area contributed by atoms with Gasteiger partial charge in [0.05, 0.1) is 24.7 Å². The molecule has 4 saturated carbocycles. The zero-order valence-corrected chi connectivity index (χ0v) is 38.7. The van der Waals surface area contributed by atoms with E-state index in [4.69, 9.17) is 28.4 Å². The van der Waals surface area contributed by atoms with Crippen molar-refractivity contribution in [3.8, 4) is 0 Å². The summed E-state index contributed by atoms with van der Waals surface area (Å²) in [5.74, 6) is -1.56. The second kappa shape index (κ2) is 17.2. The quantitative estimate of drug-likeness (QED) is 0.0918. The fourth-order valence-corrected chi connectivity index (χ4v) is 14.7. The second-order valence-corrected chi connectivity index (χ2v) is 22.9. The normalized spacial score (nSPS) is 54.2. The van der Waals surface area contributed by atoms with Crippen LogP contribution >= 0.6 is 0 Å². The molecule has 0 spiro atoms. The number of hydrogen-bond acceptors (Lipinski definition) is 17. The Balaban J connectivity index is 1.02. The van der Waals surface area contributed by atoms with Crippen LogP contribution in [-0.4, -0.2) is 168 Å². The van der Waals surface area contributed by atoms with Crippen LogP contribution in [0.2, 0.25) is 0 Å². The Morgan fingerprint density at radius 1 is 0.708 bits per heavy atom. The van der Waals surface area contributed by atoms with E-state index in [1.165, 1.54) is 5.57 Å². The minimum atomic E-state index is -1.91. The number of rotatable bonds is 8. The van der Waals surface area contributed by atoms with Crippen LogP contribution in [0.15, 0.2) is 11.6 Å². The molecular formula is C47H74O18. The molecule has 3 aliphatic heterocycles. The van der Waals surface area contributed by atoms with Gasteiger partial charge in [0.1, 0.15) is 61.0 Å². The Morgan fingerprint density at radius 2 is 1.38 bits per heavy atom. The highest BCUT2D eigenvalue weighted by Gasteiger charge is 2.69. The third kappa shape index (κ3) is 7.76. The number of carbonyl (C=O) groups excluding carboxylic acids is 1. The van der Waals surface area contributed by atoms with Crippen LogP contribution < -0.4 is 0 Å². The number of hydrogen-bond donors (Lipinski definition) is 10. The molecule has 65 heavy (non-hydrogen) atoms. The molecule has 18 heteroatoms. The van der Waals surface area contributed by atoms with E-state index in [-0.39, 0.29) is 46.0 Å². The molecule has 8 rings (SSSR count). The first-order valence-electron chi connectivity index (χ1n) is 23.7. The van der Waals surface area contributed by atoms with Crippen LogP contribution in [0.25, 0.3) is 0 Å². The maximum atomic E-state index is 14.1. The highest BCUT2D eigenvalue weighted by molar-refractivity contribution is 5.77. The molecule has 10 N–H and O–H groups in total. The molecule has 8 aliphatic rings. The molecule has 0 bridgehead atoms. The number of aliphatic hydroxyl groups is 9. The third-order valence-electron chi connectivity index (χ3n) is 19.2. The summed E-state index contributed by atoms with van der Waals surface area (Å²) in [4.78, 5) is 26.3. The molecule has 18 nitrogen and oxygen atoms in total. The van der Waals surface area contributed by atoms with Crippen molar-refractivity contribution in [1.29, 1.82) is 0 Å². The van der Waals surface area contributed by atoms with E-state index in [0.717, 1.165) is 44.9 Å². The van der Waals surface area contributed by atoms with E-state index in [9.17, 15) is 60.7 Å². The fourth-order valence-electron chi connectivity index (χ4n) is 14.7. The van der Waals surface area contributed by atoms with E-state index < -0.39 is 121 Å². The van der Waals surface area contributed by atoms with Crippen molar-refractivity contribution < 1.29 is 89.1 Å². The molecule has 370 valence electrons. The van der Waals surface area contributed by atoms with Crippen LogP contribution in [0.4, 0.5) is 0 Å². The Labute approximate surface area is 380 Å². The molecule has 0 aromatic heterocycles. The summed E-state index contributed by atoms with van der Waals surface area (Å²) in [6.07, 6.45) is -12.8. The number of carboxylic acid groups (broad SMARTS) is 1. The van der Waals surface area contributed by atoms with Crippen LogP contribution in [-0.2, 0) is 38.0 Å². The van der Waals surface area contributed by atoms with Crippen LogP contribution in [0, 0.1) is 50.2 Å². The summed E-state index contributed by atoms with van der Waals surface area (Å²) in [6, 6.07) is 0. The Kier molecular flexibility index (Phi) is 13.1. The van der Waals surface area contributed by atoms with Crippen molar-refractivity contribution in [2.45, 2.75) is 205 Å². The number of carboxylic acids is 1. The maximum absolute atomic E-state index is 14.1. The monoisotopic (exact) mass is 926 g/mol. The number of allylic oxidation sites excluding steroid dienone is 2. The molecule has 0 aromatic rings. The summed E-state index contributed by atoms with van der Waals surface area (Å²) in [5, 5.41) is 104. The number of aliphatic hydroxyl groups excluding tert-OH is 9. The van der Waals surface area contributed by atoms with Gasteiger partial charge in [-0.1, -0.05) is 53.2 Å².